The molecular weight excluding hydrogens is 319 g/mol. The maximum Gasteiger partial charge on any atom is 0.240 e. The smallest absolute Gasteiger partial charge is 0.210 e. The minimum Gasteiger partial charge on any atom is -0.210 e. The zero-order valence-electron chi connectivity index (χ0n) is 12.3. The molecule has 0 aromatic heterocycles. The monoisotopic (exact) mass is 334 g/mol. The van der Waals surface area contributed by atoms with Gasteiger partial charge in [-0.1, -0.05) is 34.9 Å². The SMILES string of the molecule is Cc1ccc(S(=O)(=O)NCC(N=[N+]=[N-])c2ccc(F)cc2)cc1. The van der Waals surface area contributed by atoms with Crippen LogP contribution in [0.15, 0.2) is 58.5 Å². The molecule has 0 amide bonds. The molecule has 0 heterocycles. The second-order valence-electron chi connectivity index (χ2n) is 4.94. The molecule has 0 radical (unpaired) electrons. The van der Waals surface area contributed by atoms with Crippen LogP contribution in [-0.4, -0.2) is 15.0 Å². The molecule has 0 aliphatic carbocycles. The van der Waals surface area contributed by atoms with Gasteiger partial charge in [0.1, 0.15) is 5.82 Å². The number of hydrogen-bond donors (Lipinski definition) is 1. The highest BCUT2D eigenvalue weighted by molar-refractivity contribution is 7.89. The fourth-order valence-corrected chi connectivity index (χ4v) is 3.00. The molecule has 8 heteroatoms. The molecule has 2 aromatic carbocycles. The molecule has 120 valence electrons. The number of halogens is 1. The predicted molar refractivity (Wildman–Crippen MR) is 84.7 cm³/mol. The molecule has 1 unspecified atom stereocenters. The van der Waals surface area contributed by atoms with Gasteiger partial charge in [-0.3, -0.25) is 0 Å². The van der Waals surface area contributed by atoms with Crippen LogP contribution in [-0.2, 0) is 10.0 Å². The van der Waals surface area contributed by atoms with Crippen molar-refractivity contribution < 1.29 is 12.8 Å². The first kappa shape index (κ1) is 17.0. The molecule has 23 heavy (non-hydrogen) atoms. The summed E-state index contributed by atoms with van der Waals surface area (Å²) in [7, 11) is -3.71. The van der Waals surface area contributed by atoms with Gasteiger partial charge in [0.05, 0.1) is 10.9 Å². The van der Waals surface area contributed by atoms with Crippen molar-refractivity contribution in [3.8, 4) is 0 Å². The van der Waals surface area contributed by atoms with Crippen LogP contribution >= 0.6 is 0 Å². The van der Waals surface area contributed by atoms with Crippen molar-refractivity contribution in [2.24, 2.45) is 5.11 Å². The fraction of sp³-hybridized carbons (Fsp3) is 0.200. The van der Waals surface area contributed by atoms with E-state index in [1.807, 2.05) is 6.92 Å². The number of azide groups is 1. The number of nitrogens with one attached hydrogen (secondary N) is 1. The van der Waals surface area contributed by atoms with Gasteiger partial charge in [-0.15, -0.1) is 0 Å². The van der Waals surface area contributed by atoms with Gasteiger partial charge < -0.3 is 0 Å². The van der Waals surface area contributed by atoms with Crippen LogP contribution in [0, 0.1) is 12.7 Å². The maximum atomic E-state index is 13.0. The Labute approximate surface area is 133 Å². The van der Waals surface area contributed by atoms with E-state index < -0.39 is 21.9 Å². The van der Waals surface area contributed by atoms with Crippen LogP contribution in [0.3, 0.4) is 0 Å². The predicted octanol–water partition coefficient (Wildman–Crippen LogP) is 3.46. The van der Waals surface area contributed by atoms with E-state index >= 15 is 0 Å². The molecule has 1 atom stereocenters. The van der Waals surface area contributed by atoms with Crippen molar-refractivity contribution in [3.63, 3.8) is 0 Å². The summed E-state index contributed by atoms with van der Waals surface area (Å²) in [6, 6.07) is 11.0. The Kier molecular flexibility index (Phi) is 5.33. The average Bonchev–Trinajstić information content (AvgIpc) is 2.53. The summed E-state index contributed by atoms with van der Waals surface area (Å²) in [6.45, 7) is 1.74. The Morgan fingerprint density at radius 3 is 2.35 bits per heavy atom. The Morgan fingerprint density at radius 1 is 1.17 bits per heavy atom. The van der Waals surface area contributed by atoms with Gasteiger partial charge in [-0.05, 0) is 42.3 Å². The normalized spacial score (nSPS) is 12.4. The molecule has 2 aromatic rings. The summed E-state index contributed by atoms with van der Waals surface area (Å²) in [5, 5.41) is 3.57. The van der Waals surface area contributed by atoms with Gasteiger partial charge in [0.2, 0.25) is 10.0 Å². The third-order valence-electron chi connectivity index (χ3n) is 3.24. The summed E-state index contributed by atoms with van der Waals surface area (Å²) >= 11 is 0. The minimum absolute atomic E-state index is 0.119. The molecule has 0 bridgehead atoms. The van der Waals surface area contributed by atoms with E-state index in [0.717, 1.165) is 5.56 Å². The van der Waals surface area contributed by atoms with E-state index in [2.05, 4.69) is 14.7 Å². The molecule has 2 rings (SSSR count). The summed E-state index contributed by atoms with van der Waals surface area (Å²) in [6.07, 6.45) is 0. The van der Waals surface area contributed by atoms with Crippen molar-refractivity contribution in [2.45, 2.75) is 17.9 Å². The second kappa shape index (κ2) is 7.23. The van der Waals surface area contributed by atoms with Gasteiger partial charge in [0.25, 0.3) is 0 Å². The molecule has 0 aliphatic heterocycles. The van der Waals surface area contributed by atoms with Gasteiger partial charge in [0.15, 0.2) is 0 Å². The maximum absolute atomic E-state index is 13.0. The van der Waals surface area contributed by atoms with Crippen LogP contribution in [0.4, 0.5) is 4.39 Å². The van der Waals surface area contributed by atoms with Crippen molar-refractivity contribution >= 4 is 10.0 Å². The lowest BCUT2D eigenvalue weighted by Gasteiger charge is -2.13. The van der Waals surface area contributed by atoms with E-state index in [1.165, 1.54) is 36.4 Å². The van der Waals surface area contributed by atoms with E-state index in [0.29, 0.717) is 5.56 Å². The van der Waals surface area contributed by atoms with Crippen LogP contribution < -0.4 is 4.72 Å². The first-order valence-corrected chi connectivity index (χ1v) is 8.27. The largest absolute Gasteiger partial charge is 0.240 e. The first-order chi connectivity index (χ1) is 10.9. The molecule has 6 nitrogen and oxygen atoms in total. The Morgan fingerprint density at radius 2 is 1.78 bits per heavy atom. The number of sulfonamides is 1. The van der Waals surface area contributed by atoms with E-state index in [9.17, 15) is 12.8 Å². The van der Waals surface area contributed by atoms with Gasteiger partial charge in [-0.25, -0.2) is 17.5 Å². The second-order valence-corrected chi connectivity index (χ2v) is 6.70. The third kappa shape index (κ3) is 4.53. The summed E-state index contributed by atoms with van der Waals surface area (Å²) in [4.78, 5) is 2.84. The highest BCUT2D eigenvalue weighted by Crippen LogP contribution is 2.19. The number of nitrogens with zero attached hydrogens (tertiary/aromatic N) is 3. The summed E-state index contributed by atoms with van der Waals surface area (Å²) in [5.74, 6) is -0.423. The average molecular weight is 334 g/mol. The molecule has 0 saturated heterocycles. The topological polar surface area (TPSA) is 94.9 Å². The number of rotatable bonds is 6. The van der Waals surface area contributed by atoms with E-state index in [-0.39, 0.29) is 11.4 Å². The zero-order valence-corrected chi connectivity index (χ0v) is 13.2. The molecule has 0 spiro atoms. The Balaban J connectivity index is 2.16. The first-order valence-electron chi connectivity index (χ1n) is 6.78. The summed E-state index contributed by atoms with van der Waals surface area (Å²) < 4.78 is 39.8. The van der Waals surface area contributed by atoms with Gasteiger partial charge in [-0.2, -0.15) is 0 Å². The molecule has 0 aliphatic rings. The highest BCUT2D eigenvalue weighted by Gasteiger charge is 2.17. The van der Waals surface area contributed by atoms with Crippen LogP contribution in [0.2, 0.25) is 0 Å². The Bertz CT molecular complexity index is 814. The highest BCUT2D eigenvalue weighted by atomic mass is 32.2. The van der Waals surface area contributed by atoms with Crippen LogP contribution in [0.1, 0.15) is 17.2 Å². The number of benzene rings is 2. The van der Waals surface area contributed by atoms with E-state index in [4.69, 9.17) is 5.53 Å². The number of hydrogen-bond acceptors (Lipinski definition) is 3. The zero-order chi connectivity index (χ0) is 16.9. The van der Waals surface area contributed by atoms with Crippen molar-refractivity contribution in [3.05, 3.63) is 75.9 Å². The van der Waals surface area contributed by atoms with Gasteiger partial charge in [0, 0.05) is 11.5 Å². The number of aryl methyl sites for hydroxylation is 1. The minimum atomic E-state index is -3.71. The quantitative estimate of drug-likeness (QED) is 0.497. The fourth-order valence-electron chi connectivity index (χ4n) is 1.96. The lowest BCUT2D eigenvalue weighted by atomic mass is 10.1. The Hall–Kier alpha value is -2.41. The summed E-state index contributed by atoms with van der Waals surface area (Å²) in [5.41, 5.74) is 10.1. The van der Waals surface area contributed by atoms with Crippen LogP contribution in [0.25, 0.3) is 10.4 Å². The molecule has 1 N–H and O–H groups in total. The standard InChI is InChI=1S/C15H15FN4O2S/c1-11-2-8-14(9-3-11)23(21,22)18-10-15(19-20-17)12-4-6-13(16)7-5-12/h2-9,15,18H,10H2,1H3. The van der Waals surface area contributed by atoms with Gasteiger partial charge >= 0.3 is 0 Å². The van der Waals surface area contributed by atoms with Crippen molar-refractivity contribution in [1.82, 2.24) is 4.72 Å². The lowest BCUT2D eigenvalue weighted by molar-refractivity contribution is 0.571. The third-order valence-corrected chi connectivity index (χ3v) is 4.68. The molecule has 0 saturated carbocycles. The molecule has 0 fully saturated rings. The van der Waals surface area contributed by atoms with Crippen molar-refractivity contribution in [2.75, 3.05) is 6.54 Å². The van der Waals surface area contributed by atoms with E-state index in [1.54, 1.807) is 12.1 Å². The van der Waals surface area contributed by atoms with Crippen molar-refractivity contribution in [1.29, 1.82) is 0 Å². The molecular formula is C15H15FN4O2S. The van der Waals surface area contributed by atoms with Crippen LogP contribution in [0.5, 0.6) is 0 Å². The lowest BCUT2D eigenvalue weighted by Crippen LogP contribution is -2.28.